The third-order valence-corrected chi connectivity index (χ3v) is 6.52. The molecule has 5 rings (SSSR count). The first-order chi connectivity index (χ1) is 17.1. The average molecular weight is 475 g/mol. The summed E-state index contributed by atoms with van der Waals surface area (Å²) >= 11 is 0. The molecule has 1 aromatic heterocycles. The van der Waals surface area contributed by atoms with Crippen LogP contribution in [0.25, 0.3) is 0 Å². The molecular weight excluding hydrogens is 447 g/mol. The van der Waals surface area contributed by atoms with E-state index in [-0.39, 0.29) is 17.7 Å². The molecule has 7 nitrogen and oxygen atoms in total. The molecule has 0 saturated carbocycles. The van der Waals surface area contributed by atoms with Gasteiger partial charge >= 0.3 is 0 Å². The molecule has 0 N–H and O–H groups in total. The molecule has 2 aliphatic heterocycles. The van der Waals surface area contributed by atoms with Crippen molar-refractivity contribution in [3.63, 3.8) is 0 Å². The molecule has 8 heteroatoms. The molecule has 2 saturated heterocycles. The second-order valence-electron chi connectivity index (χ2n) is 9.02. The van der Waals surface area contributed by atoms with Crippen LogP contribution in [0.5, 0.6) is 11.6 Å². The summed E-state index contributed by atoms with van der Waals surface area (Å²) in [5, 5.41) is 0. The van der Waals surface area contributed by atoms with E-state index in [0.717, 1.165) is 31.4 Å². The lowest BCUT2D eigenvalue weighted by Crippen LogP contribution is -2.39. The lowest BCUT2D eigenvalue weighted by atomic mass is 9.94. The van der Waals surface area contributed by atoms with Crippen molar-refractivity contribution in [1.82, 2.24) is 19.8 Å². The number of aromatic nitrogens is 2. The molecule has 3 heterocycles. The summed E-state index contributed by atoms with van der Waals surface area (Å²) in [6.45, 7) is 2.45. The first kappa shape index (κ1) is 23.0. The Kier molecular flexibility index (Phi) is 6.70. The van der Waals surface area contributed by atoms with Crippen LogP contribution in [0, 0.1) is 5.82 Å². The van der Waals surface area contributed by atoms with Crippen LogP contribution in [-0.2, 0) is 11.3 Å². The van der Waals surface area contributed by atoms with Crippen molar-refractivity contribution >= 4 is 11.8 Å². The number of amides is 2. The summed E-state index contributed by atoms with van der Waals surface area (Å²) in [5.41, 5.74) is 2.24. The van der Waals surface area contributed by atoms with E-state index >= 15 is 0 Å². The zero-order chi connectivity index (χ0) is 24.2. The molecule has 2 aromatic carbocycles. The predicted molar refractivity (Wildman–Crippen MR) is 127 cm³/mol. The maximum atomic E-state index is 13.6. The number of nitrogens with zero attached hydrogens (tertiary/aromatic N) is 4. The Hall–Kier alpha value is -3.81. The third kappa shape index (κ3) is 5.31. The zero-order valence-corrected chi connectivity index (χ0v) is 19.4. The fourth-order valence-electron chi connectivity index (χ4n) is 4.80. The fraction of sp³-hybridized carbons (Fsp3) is 0.333. The molecule has 2 aliphatic rings. The largest absolute Gasteiger partial charge is 0.437 e. The summed E-state index contributed by atoms with van der Waals surface area (Å²) in [6.07, 6.45) is 6.31. The van der Waals surface area contributed by atoms with Gasteiger partial charge < -0.3 is 14.5 Å². The highest BCUT2D eigenvalue weighted by Gasteiger charge is 2.29. The number of piperidine rings is 1. The maximum absolute atomic E-state index is 13.6. The second kappa shape index (κ2) is 10.2. The highest BCUT2D eigenvalue weighted by atomic mass is 19.1. The highest BCUT2D eigenvalue weighted by molar-refractivity contribution is 5.94. The van der Waals surface area contributed by atoms with Crippen molar-refractivity contribution in [3.8, 4) is 11.6 Å². The van der Waals surface area contributed by atoms with E-state index < -0.39 is 5.82 Å². The van der Waals surface area contributed by atoms with E-state index in [4.69, 9.17) is 4.74 Å². The quantitative estimate of drug-likeness (QED) is 0.524. The summed E-state index contributed by atoms with van der Waals surface area (Å²) in [4.78, 5) is 37.9. The number of ether oxygens (including phenoxy) is 1. The minimum absolute atomic E-state index is 0.0409. The number of halogens is 1. The van der Waals surface area contributed by atoms with Gasteiger partial charge in [-0.25, -0.2) is 9.37 Å². The summed E-state index contributed by atoms with van der Waals surface area (Å²) in [7, 11) is 0. The van der Waals surface area contributed by atoms with Crippen molar-refractivity contribution in [1.29, 1.82) is 0 Å². The molecule has 1 unspecified atom stereocenters. The summed E-state index contributed by atoms with van der Waals surface area (Å²) < 4.78 is 19.5. The monoisotopic (exact) mass is 474 g/mol. The van der Waals surface area contributed by atoms with Crippen LogP contribution < -0.4 is 4.74 Å². The van der Waals surface area contributed by atoms with Crippen LogP contribution in [0.2, 0.25) is 0 Å². The van der Waals surface area contributed by atoms with Gasteiger partial charge in [0.2, 0.25) is 11.8 Å². The molecule has 35 heavy (non-hydrogen) atoms. The number of rotatable bonds is 6. The van der Waals surface area contributed by atoms with Gasteiger partial charge in [0.15, 0.2) is 0 Å². The SMILES string of the molecule is O=C1CCCN1Cc1cccc(C(=O)N2CCCC(c3nccnc3Oc3cccc(F)c3)C2)c1. The normalized spacial score (nSPS) is 18.1. The molecule has 2 fully saturated rings. The Morgan fingerprint density at radius 2 is 1.91 bits per heavy atom. The fourth-order valence-corrected chi connectivity index (χ4v) is 4.80. The first-order valence-electron chi connectivity index (χ1n) is 12.0. The molecule has 180 valence electrons. The van der Waals surface area contributed by atoms with Crippen LogP contribution >= 0.6 is 0 Å². The van der Waals surface area contributed by atoms with E-state index in [2.05, 4.69) is 9.97 Å². The Bertz CT molecular complexity index is 1230. The van der Waals surface area contributed by atoms with E-state index in [0.29, 0.717) is 48.9 Å². The van der Waals surface area contributed by atoms with Crippen LogP contribution in [-0.4, -0.2) is 51.2 Å². The number of hydrogen-bond acceptors (Lipinski definition) is 5. The number of carbonyl (C=O) groups excluding carboxylic acids is 2. The van der Waals surface area contributed by atoms with Gasteiger partial charge in [-0.2, -0.15) is 0 Å². The summed E-state index contributed by atoms with van der Waals surface area (Å²) in [6, 6.07) is 13.4. The topological polar surface area (TPSA) is 75.6 Å². The molecule has 0 spiro atoms. The van der Waals surface area contributed by atoms with Gasteiger partial charge in [0.05, 0.1) is 0 Å². The molecule has 2 amide bonds. The highest BCUT2D eigenvalue weighted by Crippen LogP contribution is 2.33. The molecule has 3 aromatic rings. The van der Waals surface area contributed by atoms with Gasteiger partial charge in [0, 0.05) is 62.5 Å². The van der Waals surface area contributed by atoms with Gasteiger partial charge in [-0.15, -0.1) is 0 Å². The molecule has 0 aliphatic carbocycles. The summed E-state index contributed by atoms with van der Waals surface area (Å²) in [5.74, 6) is 0.370. The molecule has 1 atom stereocenters. The average Bonchev–Trinajstić information content (AvgIpc) is 3.28. The second-order valence-corrected chi connectivity index (χ2v) is 9.02. The van der Waals surface area contributed by atoms with E-state index in [9.17, 15) is 14.0 Å². The van der Waals surface area contributed by atoms with Gasteiger partial charge in [-0.1, -0.05) is 18.2 Å². The minimum Gasteiger partial charge on any atom is -0.437 e. The third-order valence-electron chi connectivity index (χ3n) is 6.52. The van der Waals surface area contributed by atoms with Crippen LogP contribution in [0.4, 0.5) is 4.39 Å². The Morgan fingerprint density at radius 3 is 2.74 bits per heavy atom. The van der Waals surface area contributed by atoms with Crippen molar-refractivity contribution in [2.24, 2.45) is 0 Å². The van der Waals surface area contributed by atoms with Crippen molar-refractivity contribution in [2.45, 2.75) is 38.1 Å². The first-order valence-corrected chi connectivity index (χ1v) is 12.0. The van der Waals surface area contributed by atoms with Crippen LogP contribution in [0.1, 0.15) is 53.2 Å². The van der Waals surface area contributed by atoms with Crippen molar-refractivity contribution in [2.75, 3.05) is 19.6 Å². The van der Waals surface area contributed by atoms with Crippen LogP contribution in [0.15, 0.2) is 60.9 Å². The lowest BCUT2D eigenvalue weighted by Gasteiger charge is -2.33. The smallest absolute Gasteiger partial charge is 0.253 e. The Labute approximate surface area is 203 Å². The van der Waals surface area contributed by atoms with Gasteiger partial charge in [0.25, 0.3) is 5.91 Å². The minimum atomic E-state index is -0.390. The van der Waals surface area contributed by atoms with Crippen LogP contribution in [0.3, 0.4) is 0 Å². The Balaban J connectivity index is 1.30. The maximum Gasteiger partial charge on any atom is 0.253 e. The molecular formula is C27H27FN4O3. The number of benzene rings is 2. The van der Waals surface area contributed by atoms with Crippen molar-refractivity contribution in [3.05, 3.63) is 83.6 Å². The predicted octanol–water partition coefficient (Wildman–Crippen LogP) is 4.55. The van der Waals surface area contributed by atoms with Gasteiger partial charge in [0.1, 0.15) is 17.3 Å². The van der Waals surface area contributed by atoms with Gasteiger partial charge in [-0.05, 0) is 49.1 Å². The number of hydrogen-bond donors (Lipinski definition) is 0. The van der Waals surface area contributed by atoms with E-state index in [1.807, 2.05) is 34.1 Å². The van der Waals surface area contributed by atoms with Crippen molar-refractivity contribution < 1.29 is 18.7 Å². The molecule has 0 bridgehead atoms. The standard InChI is InChI=1S/C27H27FN4O3/c28-22-8-2-9-23(16-22)35-26-25(29-11-12-30-26)21-7-3-14-32(18-21)27(34)20-6-1-5-19(15-20)17-31-13-4-10-24(31)33/h1-2,5-6,8-9,11-12,15-16,21H,3-4,7,10,13-14,17-18H2. The van der Waals surface area contributed by atoms with Gasteiger partial charge in [-0.3, -0.25) is 14.6 Å². The van der Waals surface area contributed by atoms with E-state index in [1.165, 1.54) is 12.1 Å². The lowest BCUT2D eigenvalue weighted by molar-refractivity contribution is -0.128. The number of carbonyl (C=O) groups is 2. The Morgan fingerprint density at radius 1 is 1.06 bits per heavy atom. The molecule has 0 radical (unpaired) electrons. The zero-order valence-electron chi connectivity index (χ0n) is 19.4. The number of likely N-dealkylation sites (tertiary alicyclic amines) is 2. The van der Waals surface area contributed by atoms with E-state index in [1.54, 1.807) is 24.5 Å².